The molecule has 2 N–H and O–H groups in total. The predicted octanol–water partition coefficient (Wildman–Crippen LogP) is 1.79. The molecule has 0 fully saturated rings. The topological polar surface area (TPSA) is 32.3 Å². The number of hydrogen-bond donors (Lipinski definition) is 2. The van der Waals surface area contributed by atoms with Crippen molar-refractivity contribution in [2.45, 2.75) is 46.1 Å². The van der Waals surface area contributed by atoms with E-state index < -0.39 is 0 Å². The van der Waals surface area contributed by atoms with Crippen molar-refractivity contribution in [1.29, 1.82) is 0 Å². The summed E-state index contributed by atoms with van der Waals surface area (Å²) in [4.78, 5) is 0. The molecule has 14 heavy (non-hydrogen) atoms. The standard InChI is InChI=1S/C12H23NO/c1-5-11(6-2)13-10-12(3,4)8-7-9-14/h1,11,13-14H,6-10H2,2-4H3. The van der Waals surface area contributed by atoms with Gasteiger partial charge in [-0.2, -0.15) is 0 Å². The van der Waals surface area contributed by atoms with Gasteiger partial charge in [0.15, 0.2) is 0 Å². The molecule has 0 aromatic rings. The van der Waals surface area contributed by atoms with Gasteiger partial charge in [-0.1, -0.05) is 26.7 Å². The number of terminal acetylenes is 1. The minimum atomic E-state index is 0.184. The first kappa shape index (κ1) is 13.5. The molecular weight excluding hydrogens is 174 g/mol. The van der Waals surface area contributed by atoms with Crippen molar-refractivity contribution in [3.63, 3.8) is 0 Å². The Labute approximate surface area is 88.1 Å². The third-order valence-corrected chi connectivity index (χ3v) is 2.45. The lowest BCUT2D eigenvalue weighted by Crippen LogP contribution is -2.36. The van der Waals surface area contributed by atoms with Gasteiger partial charge in [-0.15, -0.1) is 6.42 Å². The Balaban J connectivity index is 3.80. The van der Waals surface area contributed by atoms with Crippen LogP contribution in [-0.4, -0.2) is 24.3 Å². The van der Waals surface area contributed by atoms with E-state index in [1.54, 1.807) is 0 Å². The normalized spacial score (nSPS) is 13.6. The van der Waals surface area contributed by atoms with Crippen molar-refractivity contribution in [3.05, 3.63) is 0 Å². The van der Waals surface area contributed by atoms with Gasteiger partial charge < -0.3 is 10.4 Å². The molecule has 1 atom stereocenters. The molecule has 0 aromatic carbocycles. The van der Waals surface area contributed by atoms with E-state index in [-0.39, 0.29) is 18.1 Å². The summed E-state index contributed by atoms with van der Waals surface area (Å²) < 4.78 is 0. The summed E-state index contributed by atoms with van der Waals surface area (Å²) in [6.07, 6.45) is 8.21. The van der Waals surface area contributed by atoms with Gasteiger partial charge in [0.25, 0.3) is 0 Å². The molecule has 0 aliphatic carbocycles. The Morgan fingerprint density at radius 2 is 2.14 bits per heavy atom. The zero-order chi connectivity index (χ0) is 11.0. The Bertz CT molecular complexity index is 181. The zero-order valence-corrected chi connectivity index (χ0v) is 9.64. The molecule has 0 aliphatic heterocycles. The highest BCUT2D eigenvalue weighted by molar-refractivity contribution is 4.98. The second kappa shape index (κ2) is 6.86. The first-order chi connectivity index (χ1) is 6.55. The van der Waals surface area contributed by atoms with E-state index in [2.05, 4.69) is 32.0 Å². The fourth-order valence-electron chi connectivity index (χ4n) is 1.37. The van der Waals surface area contributed by atoms with E-state index in [1.165, 1.54) is 0 Å². The van der Waals surface area contributed by atoms with E-state index in [4.69, 9.17) is 11.5 Å². The molecule has 0 rings (SSSR count). The molecule has 2 nitrogen and oxygen atoms in total. The molecule has 82 valence electrons. The van der Waals surface area contributed by atoms with Crippen LogP contribution in [0.4, 0.5) is 0 Å². The van der Waals surface area contributed by atoms with Crippen LogP contribution in [0.25, 0.3) is 0 Å². The molecule has 0 radical (unpaired) electrons. The molecule has 2 heteroatoms. The highest BCUT2D eigenvalue weighted by atomic mass is 16.2. The molecule has 1 unspecified atom stereocenters. The van der Waals surface area contributed by atoms with Crippen molar-refractivity contribution < 1.29 is 5.11 Å². The number of hydrogen-bond acceptors (Lipinski definition) is 2. The Kier molecular flexibility index (Phi) is 6.61. The van der Waals surface area contributed by atoms with E-state index in [1.807, 2.05) is 0 Å². The van der Waals surface area contributed by atoms with Gasteiger partial charge in [0, 0.05) is 13.2 Å². The number of rotatable bonds is 7. The van der Waals surface area contributed by atoms with Gasteiger partial charge in [-0.25, -0.2) is 0 Å². The smallest absolute Gasteiger partial charge is 0.0684 e. The average Bonchev–Trinajstić information content (AvgIpc) is 2.16. The minimum absolute atomic E-state index is 0.184. The van der Waals surface area contributed by atoms with Crippen LogP contribution in [0.1, 0.15) is 40.0 Å². The van der Waals surface area contributed by atoms with Crippen LogP contribution in [0, 0.1) is 17.8 Å². The van der Waals surface area contributed by atoms with E-state index in [0.29, 0.717) is 0 Å². The van der Waals surface area contributed by atoms with Crippen molar-refractivity contribution in [2.24, 2.45) is 5.41 Å². The van der Waals surface area contributed by atoms with Crippen LogP contribution in [0.3, 0.4) is 0 Å². The van der Waals surface area contributed by atoms with Crippen molar-refractivity contribution in [3.8, 4) is 12.3 Å². The maximum absolute atomic E-state index is 8.75. The summed E-state index contributed by atoms with van der Waals surface area (Å²) in [5, 5.41) is 12.1. The summed E-state index contributed by atoms with van der Waals surface area (Å²) in [7, 11) is 0. The SMILES string of the molecule is C#CC(CC)NCC(C)(C)CCCO. The molecule has 0 spiro atoms. The maximum atomic E-state index is 8.75. The molecule has 0 aromatic heterocycles. The summed E-state index contributed by atoms with van der Waals surface area (Å²) in [6.45, 7) is 7.65. The Hall–Kier alpha value is -0.520. The summed E-state index contributed by atoms with van der Waals surface area (Å²) in [5.74, 6) is 2.72. The molecule has 0 aliphatic rings. The second-order valence-corrected chi connectivity index (χ2v) is 4.50. The highest BCUT2D eigenvalue weighted by Crippen LogP contribution is 2.20. The average molecular weight is 197 g/mol. The monoisotopic (exact) mass is 197 g/mol. The van der Waals surface area contributed by atoms with Crippen molar-refractivity contribution in [1.82, 2.24) is 5.32 Å². The largest absolute Gasteiger partial charge is 0.396 e. The fourth-order valence-corrected chi connectivity index (χ4v) is 1.37. The molecular formula is C12H23NO. The van der Waals surface area contributed by atoms with Crippen LogP contribution in [0.5, 0.6) is 0 Å². The maximum Gasteiger partial charge on any atom is 0.0684 e. The van der Waals surface area contributed by atoms with Crippen LogP contribution in [0.2, 0.25) is 0 Å². The number of nitrogens with one attached hydrogen (secondary N) is 1. The summed E-state index contributed by atoms with van der Waals surface area (Å²) in [5.41, 5.74) is 0.215. The fraction of sp³-hybridized carbons (Fsp3) is 0.833. The summed E-state index contributed by atoms with van der Waals surface area (Å²) in [6, 6.07) is 0.184. The van der Waals surface area contributed by atoms with E-state index in [9.17, 15) is 0 Å². The third-order valence-electron chi connectivity index (χ3n) is 2.45. The molecule has 0 saturated carbocycles. The first-order valence-electron chi connectivity index (χ1n) is 5.36. The zero-order valence-electron chi connectivity index (χ0n) is 9.64. The minimum Gasteiger partial charge on any atom is -0.396 e. The van der Waals surface area contributed by atoms with Gasteiger partial charge >= 0.3 is 0 Å². The van der Waals surface area contributed by atoms with Gasteiger partial charge in [-0.05, 0) is 24.7 Å². The van der Waals surface area contributed by atoms with Crippen molar-refractivity contribution >= 4 is 0 Å². The van der Waals surface area contributed by atoms with E-state index >= 15 is 0 Å². The predicted molar refractivity (Wildman–Crippen MR) is 61.0 cm³/mol. The van der Waals surface area contributed by atoms with Gasteiger partial charge in [0.05, 0.1) is 6.04 Å². The van der Waals surface area contributed by atoms with Crippen LogP contribution in [-0.2, 0) is 0 Å². The lowest BCUT2D eigenvalue weighted by molar-refractivity contribution is 0.234. The van der Waals surface area contributed by atoms with Gasteiger partial charge in [0.2, 0.25) is 0 Å². The van der Waals surface area contributed by atoms with E-state index in [0.717, 1.165) is 25.8 Å². The first-order valence-corrected chi connectivity index (χ1v) is 5.36. The Morgan fingerprint density at radius 1 is 1.50 bits per heavy atom. The number of aliphatic hydroxyl groups excluding tert-OH is 1. The second-order valence-electron chi connectivity index (χ2n) is 4.50. The van der Waals surface area contributed by atoms with Gasteiger partial charge in [0.1, 0.15) is 0 Å². The van der Waals surface area contributed by atoms with Crippen LogP contribution in [0.15, 0.2) is 0 Å². The third kappa shape index (κ3) is 6.01. The van der Waals surface area contributed by atoms with Crippen LogP contribution < -0.4 is 5.32 Å². The lowest BCUT2D eigenvalue weighted by atomic mass is 9.87. The van der Waals surface area contributed by atoms with Crippen molar-refractivity contribution in [2.75, 3.05) is 13.2 Å². The lowest BCUT2D eigenvalue weighted by Gasteiger charge is -2.26. The van der Waals surface area contributed by atoms with Gasteiger partial charge in [-0.3, -0.25) is 0 Å². The molecule has 0 bridgehead atoms. The molecule has 0 amide bonds. The molecule has 0 saturated heterocycles. The van der Waals surface area contributed by atoms with Crippen LogP contribution >= 0.6 is 0 Å². The quantitative estimate of drug-likeness (QED) is 0.610. The summed E-state index contributed by atoms with van der Waals surface area (Å²) >= 11 is 0. The highest BCUT2D eigenvalue weighted by Gasteiger charge is 2.17. The number of aliphatic hydroxyl groups is 1. The molecule has 0 heterocycles. The Morgan fingerprint density at radius 3 is 2.57 bits per heavy atom.